The van der Waals surface area contributed by atoms with Gasteiger partial charge < -0.3 is 19.7 Å². The smallest absolute Gasteiger partial charge is 0.161 e. The summed E-state index contributed by atoms with van der Waals surface area (Å²) in [5.41, 5.74) is 1.20. The number of piperidine rings is 1. The Hall–Kier alpha value is -0.780. The second-order valence-electron chi connectivity index (χ2n) is 5.41. The Kier molecular flexibility index (Phi) is 6.33. The maximum absolute atomic E-state index is 5.38. The molecule has 0 saturated carbocycles. The maximum Gasteiger partial charge on any atom is 0.161 e. The van der Waals surface area contributed by atoms with Crippen LogP contribution in [0, 0.1) is 0 Å². The van der Waals surface area contributed by atoms with Crippen LogP contribution in [0.25, 0.3) is 0 Å². The molecule has 5 heteroatoms. The molecule has 0 spiro atoms. The fourth-order valence-corrected chi connectivity index (χ4v) is 3.26. The topological polar surface area (TPSA) is 33.7 Å². The molecule has 0 aromatic heterocycles. The summed E-state index contributed by atoms with van der Waals surface area (Å²) in [7, 11) is 3.33. The summed E-state index contributed by atoms with van der Waals surface area (Å²) < 4.78 is 11.7. The number of methoxy groups -OCH3 is 2. The summed E-state index contributed by atoms with van der Waals surface area (Å²) >= 11 is 3.62. The van der Waals surface area contributed by atoms with Crippen LogP contribution in [0.1, 0.15) is 25.3 Å². The van der Waals surface area contributed by atoms with Crippen molar-refractivity contribution in [1.29, 1.82) is 0 Å². The third-order valence-electron chi connectivity index (χ3n) is 4.09. The van der Waals surface area contributed by atoms with Crippen molar-refractivity contribution in [2.24, 2.45) is 0 Å². The average Bonchev–Trinajstić information content (AvgIpc) is 2.53. The van der Waals surface area contributed by atoms with Crippen LogP contribution < -0.4 is 14.8 Å². The van der Waals surface area contributed by atoms with E-state index in [0.29, 0.717) is 6.04 Å². The SMILES string of the molecule is CCN1CCCC(NCc2cc(OC)c(OC)cc2Br)C1. The highest BCUT2D eigenvalue weighted by molar-refractivity contribution is 9.10. The highest BCUT2D eigenvalue weighted by Crippen LogP contribution is 2.33. The van der Waals surface area contributed by atoms with E-state index in [1.807, 2.05) is 12.1 Å². The maximum atomic E-state index is 5.38. The molecular weight excluding hydrogens is 332 g/mol. The van der Waals surface area contributed by atoms with Gasteiger partial charge in [0, 0.05) is 23.6 Å². The van der Waals surface area contributed by atoms with E-state index in [2.05, 4.69) is 33.1 Å². The normalized spacial score (nSPS) is 19.5. The summed E-state index contributed by atoms with van der Waals surface area (Å²) in [6.07, 6.45) is 2.53. The number of rotatable bonds is 6. The minimum atomic E-state index is 0.568. The van der Waals surface area contributed by atoms with Crippen LogP contribution in [0.5, 0.6) is 11.5 Å². The number of benzene rings is 1. The van der Waals surface area contributed by atoms with Crippen LogP contribution >= 0.6 is 15.9 Å². The molecule has 1 aromatic rings. The Bertz CT molecular complexity index is 468. The number of nitrogens with zero attached hydrogens (tertiary/aromatic N) is 1. The molecule has 0 bridgehead atoms. The van der Waals surface area contributed by atoms with Crippen LogP contribution in [0.2, 0.25) is 0 Å². The van der Waals surface area contributed by atoms with Gasteiger partial charge in [0.1, 0.15) is 0 Å². The molecule has 1 heterocycles. The standard InChI is InChI=1S/C16H25BrN2O2/c1-4-19-7-5-6-13(11-19)18-10-12-8-15(20-2)16(21-3)9-14(12)17/h8-9,13,18H,4-7,10-11H2,1-3H3. The Morgan fingerprint density at radius 2 is 2.00 bits per heavy atom. The van der Waals surface area contributed by atoms with Crippen LogP contribution in [-0.4, -0.2) is 44.8 Å². The average molecular weight is 357 g/mol. The quantitative estimate of drug-likeness (QED) is 0.849. The molecule has 2 rings (SSSR count). The van der Waals surface area contributed by atoms with Gasteiger partial charge in [-0.1, -0.05) is 22.9 Å². The monoisotopic (exact) mass is 356 g/mol. The van der Waals surface area contributed by atoms with E-state index in [1.54, 1.807) is 14.2 Å². The van der Waals surface area contributed by atoms with Gasteiger partial charge in [-0.3, -0.25) is 0 Å². The van der Waals surface area contributed by atoms with Crippen molar-refractivity contribution in [1.82, 2.24) is 10.2 Å². The van der Waals surface area contributed by atoms with E-state index < -0.39 is 0 Å². The summed E-state index contributed by atoms with van der Waals surface area (Å²) in [6, 6.07) is 4.57. The lowest BCUT2D eigenvalue weighted by Gasteiger charge is -2.32. The lowest BCUT2D eigenvalue weighted by molar-refractivity contribution is 0.198. The van der Waals surface area contributed by atoms with E-state index in [-0.39, 0.29) is 0 Å². The van der Waals surface area contributed by atoms with Crippen molar-refractivity contribution >= 4 is 15.9 Å². The number of halogens is 1. The Morgan fingerprint density at radius 1 is 1.29 bits per heavy atom. The summed E-state index contributed by atoms with van der Waals surface area (Å²) in [5, 5.41) is 3.66. The number of ether oxygens (including phenoxy) is 2. The number of hydrogen-bond donors (Lipinski definition) is 1. The van der Waals surface area contributed by atoms with Crippen LogP contribution in [0.15, 0.2) is 16.6 Å². The summed E-state index contributed by atoms with van der Waals surface area (Å²) in [6.45, 7) is 6.57. The van der Waals surface area contributed by atoms with Crippen molar-refractivity contribution in [3.8, 4) is 11.5 Å². The zero-order valence-corrected chi connectivity index (χ0v) is 14.7. The van der Waals surface area contributed by atoms with Gasteiger partial charge in [0.15, 0.2) is 11.5 Å². The first-order valence-corrected chi connectivity index (χ1v) is 8.33. The minimum absolute atomic E-state index is 0.568. The third kappa shape index (κ3) is 4.34. The molecule has 0 radical (unpaired) electrons. The van der Waals surface area contributed by atoms with Crippen LogP contribution in [0.3, 0.4) is 0 Å². The predicted octanol–water partition coefficient (Wildman–Crippen LogP) is 3.04. The first-order chi connectivity index (χ1) is 10.2. The second kappa shape index (κ2) is 8.01. The van der Waals surface area contributed by atoms with Gasteiger partial charge in [-0.25, -0.2) is 0 Å². The fraction of sp³-hybridized carbons (Fsp3) is 0.625. The third-order valence-corrected chi connectivity index (χ3v) is 4.82. The Morgan fingerprint density at radius 3 is 2.67 bits per heavy atom. The number of likely N-dealkylation sites (tertiary alicyclic amines) is 1. The summed E-state index contributed by atoms with van der Waals surface area (Å²) in [5.74, 6) is 1.53. The van der Waals surface area contributed by atoms with Gasteiger partial charge in [-0.05, 0) is 43.6 Å². The molecule has 118 valence electrons. The first-order valence-electron chi connectivity index (χ1n) is 7.54. The largest absolute Gasteiger partial charge is 0.493 e. The Balaban J connectivity index is 1.99. The fourth-order valence-electron chi connectivity index (χ4n) is 2.80. The van der Waals surface area contributed by atoms with E-state index in [1.165, 1.54) is 24.9 Å². The molecule has 4 nitrogen and oxygen atoms in total. The molecule has 1 unspecified atom stereocenters. The van der Waals surface area contributed by atoms with Gasteiger partial charge in [0.2, 0.25) is 0 Å². The number of likely N-dealkylation sites (N-methyl/N-ethyl adjacent to an activating group) is 1. The van der Waals surface area contributed by atoms with Gasteiger partial charge in [0.25, 0.3) is 0 Å². The molecule has 1 aliphatic heterocycles. The molecule has 1 fully saturated rings. The minimum Gasteiger partial charge on any atom is -0.493 e. The van der Waals surface area contributed by atoms with Crippen molar-refractivity contribution < 1.29 is 9.47 Å². The van der Waals surface area contributed by atoms with Crippen molar-refractivity contribution in [2.75, 3.05) is 33.9 Å². The molecule has 1 atom stereocenters. The number of hydrogen-bond acceptors (Lipinski definition) is 4. The van der Waals surface area contributed by atoms with E-state index in [9.17, 15) is 0 Å². The van der Waals surface area contributed by atoms with E-state index >= 15 is 0 Å². The molecule has 0 amide bonds. The van der Waals surface area contributed by atoms with Crippen molar-refractivity contribution in [3.05, 3.63) is 22.2 Å². The molecule has 0 aliphatic carbocycles. The van der Waals surface area contributed by atoms with Gasteiger partial charge in [-0.15, -0.1) is 0 Å². The number of nitrogens with one attached hydrogen (secondary N) is 1. The van der Waals surface area contributed by atoms with Crippen molar-refractivity contribution in [3.63, 3.8) is 0 Å². The van der Waals surface area contributed by atoms with Gasteiger partial charge in [-0.2, -0.15) is 0 Å². The lowest BCUT2D eigenvalue weighted by Crippen LogP contribution is -2.45. The predicted molar refractivity (Wildman–Crippen MR) is 89.2 cm³/mol. The molecule has 1 aromatic carbocycles. The highest BCUT2D eigenvalue weighted by atomic mass is 79.9. The van der Waals surface area contributed by atoms with Gasteiger partial charge in [0.05, 0.1) is 14.2 Å². The molecular formula is C16H25BrN2O2. The highest BCUT2D eigenvalue weighted by Gasteiger charge is 2.18. The Labute approximate surface area is 135 Å². The first kappa shape index (κ1) is 16.6. The molecule has 1 N–H and O–H groups in total. The zero-order chi connectivity index (χ0) is 15.2. The van der Waals surface area contributed by atoms with E-state index in [4.69, 9.17) is 9.47 Å². The molecule has 1 aliphatic rings. The molecule has 21 heavy (non-hydrogen) atoms. The summed E-state index contributed by atoms with van der Waals surface area (Å²) in [4.78, 5) is 2.50. The lowest BCUT2D eigenvalue weighted by atomic mass is 10.1. The van der Waals surface area contributed by atoms with Crippen LogP contribution in [0.4, 0.5) is 0 Å². The van der Waals surface area contributed by atoms with Gasteiger partial charge >= 0.3 is 0 Å². The zero-order valence-electron chi connectivity index (χ0n) is 13.1. The van der Waals surface area contributed by atoms with Crippen LogP contribution in [-0.2, 0) is 6.54 Å². The van der Waals surface area contributed by atoms with E-state index in [0.717, 1.165) is 35.6 Å². The molecule has 1 saturated heterocycles. The van der Waals surface area contributed by atoms with Crippen molar-refractivity contribution in [2.45, 2.75) is 32.4 Å². The second-order valence-corrected chi connectivity index (χ2v) is 6.27.